The first-order chi connectivity index (χ1) is 16.6. The highest BCUT2D eigenvalue weighted by Crippen LogP contribution is 2.39. The summed E-state index contributed by atoms with van der Waals surface area (Å²) in [6, 6.07) is 9.87. The summed E-state index contributed by atoms with van der Waals surface area (Å²) < 4.78 is 11.2. The molecule has 1 unspecified atom stereocenters. The maximum Gasteiger partial charge on any atom is 0.295 e. The van der Waals surface area contributed by atoms with E-state index in [0.29, 0.717) is 49.8 Å². The molecule has 2 fully saturated rings. The van der Waals surface area contributed by atoms with Crippen molar-refractivity contribution in [1.82, 2.24) is 14.8 Å². The first kappa shape index (κ1) is 23.9. The Bertz CT molecular complexity index is 1030. The molecule has 2 saturated heterocycles. The zero-order valence-corrected chi connectivity index (χ0v) is 19.5. The molecule has 2 aliphatic rings. The topological polar surface area (TPSA) is 92.2 Å². The SMILES string of the molecule is CCCCOc1cccc(/C(O)=C2\C(=O)C(=O)N(CCN3CCOCC3)C2c2cccnc2)c1. The largest absolute Gasteiger partial charge is 0.507 e. The number of hydrogen-bond acceptors (Lipinski definition) is 7. The number of pyridine rings is 1. The molecule has 0 bridgehead atoms. The van der Waals surface area contributed by atoms with Crippen LogP contribution in [-0.4, -0.2) is 77.6 Å². The van der Waals surface area contributed by atoms with Gasteiger partial charge in [0.05, 0.1) is 31.4 Å². The minimum atomic E-state index is -0.709. The van der Waals surface area contributed by atoms with Gasteiger partial charge in [0.25, 0.3) is 11.7 Å². The molecule has 2 aromatic rings. The quantitative estimate of drug-likeness (QED) is 0.263. The number of ketones is 1. The summed E-state index contributed by atoms with van der Waals surface area (Å²) >= 11 is 0. The fraction of sp³-hybridized carbons (Fsp3) is 0.423. The molecule has 1 aromatic carbocycles. The zero-order chi connectivity index (χ0) is 23.9. The van der Waals surface area contributed by atoms with E-state index in [1.54, 1.807) is 41.6 Å². The number of likely N-dealkylation sites (tertiary alicyclic amines) is 1. The molecule has 8 heteroatoms. The van der Waals surface area contributed by atoms with Crippen LogP contribution in [0.3, 0.4) is 0 Å². The van der Waals surface area contributed by atoms with Gasteiger partial charge in [0, 0.05) is 44.1 Å². The third-order valence-corrected chi connectivity index (χ3v) is 6.18. The molecule has 1 atom stereocenters. The lowest BCUT2D eigenvalue weighted by atomic mass is 9.96. The van der Waals surface area contributed by atoms with Gasteiger partial charge in [-0.25, -0.2) is 0 Å². The van der Waals surface area contributed by atoms with E-state index in [4.69, 9.17) is 9.47 Å². The zero-order valence-electron chi connectivity index (χ0n) is 19.5. The Morgan fingerprint density at radius 1 is 1.18 bits per heavy atom. The molecule has 1 aromatic heterocycles. The summed E-state index contributed by atoms with van der Waals surface area (Å²) in [5, 5.41) is 11.2. The third kappa shape index (κ3) is 5.29. The van der Waals surface area contributed by atoms with E-state index in [2.05, 4.69) is 16.8 Å². The van der Waals surface area contributed by atoms with Crippen LogP contribution >= 0.6 is 0 Å². The van der Waals surface area contributed by atoms with Crippen molar-refractivity contribution in [3.63, 3.8) is 0 Å². The van der Waals surface area contributed by atoms with Gasteiger partial charge in [-0.3, -0.25) is 19.5 Å². The van der Waals surface area contributed by atoms with E-state index < -0.39 is 17.7 Å². The number of morpholine rings is 1. The maximum absolute atomic E-state index is 13.2. The van der Waals surface area contributed by atoms with Crippen molar-refractivity contribution in [2.24, 2.45) is 0 Å². The predicted molar refractivity (Wildman–Crippen MR) is 127 cm³/mol. The first-order valence-corrected chi connectivity index (χ1v) is 11.8. The van der Waals surface area contributed by atoms with Crippen molar-refractivity contribution in [3.05, 3.63) is 65.5 Å². The van der Waals surface area contributed by atoms with Crippen LogP contribution in [0.5, 0.6) is 5.75 Å². The highest BCUT2D eigenvalue weighted by molar-refractivity contribution is 6.46. The lowest BCUT2D eigenvalue weighted by molar-refractivity contribution is -0.140. The number of unbranched alkanes of at least 4 members (excludes halogenated alkanes) is 1. The molecule has 0 saturated carbocycles. The lowest BCUT2D eigenvalue weighted by Gasteiger charge is -2.30. The number of aliphatic hydroxyl groups excluding tert-OH is 1. The second kappa shape index (κ2) is 11.3. The van der Waals surface area contributed by atoms with E-state index in [1.165, 1.54) is 0 Å². The van der Waals surface area contributed by atoms with Crippen LogP contribution in [0, 0.1) is 0 Å². The number of aliphatic hydroxyl groups is 1. The van der Waals surface area contributed by atoms with E-state index in [9.17, 15) is 14.7 Å². The standard InChI is InChI=1S/C26H31N3O5/c1-2-3-14-34-21-8-4-6-19(17-21)24(30)22-23(20-7-5-9-27-18-20)29(26(32)25(22)31)11-10-28-12-15-33-16-13-28/h4-9,17-18,23,30H,2-3,10-16H2,1H3/b24-22+. The van der Waals surface area contributed by atoms with Crippen LogP contribution in [0.2, 0.25) is 0 Å². The van der Waals surface area contributed by atoms with Crippen LogP contribution in [0.15, 0.2) is 54.4 Å². The molecular weight excluding hydrogens is 434 g/mol. The minimum Gasteiger partial charge on any atom is -0.507 e. The summed E-state index contributed by atoms with van der Waals surface area (Å²) in [4.78, 5) is 34.2. The Balaban J connectivity index is 1.66. The Morgan fingerprint density at radius 3 is 2.74 bits per heavy atom. The summed E-state index contributed by atoms with van der Waals surface area (Å²) in [5.74, 6) is -0.899. The number of hydrogen-bond donors (Lipinski definition) is 1. The van der Waals surface area contributed by atoms with E-state index in [1.807, 2.05) is 12.1 Å². The molecule has 1 amide bonds. The van der Waals surface area contributed by atoms with Crippen LogP contribution in [0.25, 0.3) is 5.76 Å². The van der Waals surface area contributed by atoms with Crippen molar-refractivity contribution in [1.29, 1.82) is 0 Å². The van der Waals surface area contributed by atoms with Gasteiger partial charge >= 0.3 is 0 Å². The first-order valence-electron chi connectivity index (χ1n) is 11.8. The highest BCUT2D eigenvalue weighted by atomic mass is 16.5. The van der Waals surface area contributed by atoms with Gasteiger partial charge in [-0.15, -0.1) is 0 Å². The number of rotatable bonds is 9. The van der Waals surface area contributed by atoms with E-state index in [-0.39, 0.29) is 11.3 Å². The molecule has 34 heavy (non-hydrogen) atoms. The lowest BCUT2D eigenvalue weighted by Crippen LogP contribution is -2.42. The fourth-order valence-electron chi connectivity index (χ4n) is 4.29. The van der Waals surface area contributed by atoms with Crippen molar-refractivity contribution >= 4 is 17.4 Å². The molecule has 2 aliphatic heterocycles. The summed E-state index contributed by atoms with van der Waals surface area (Å²) in [7, 11) is 0. The number of amides is 1. The molecule has 0 spiro atoms. The average Bonchev–Trinajstić information content (AvgIpc) is 3.13. The molecule has 4 rings (SSSR count). The Hall–Kier alpha value is -3.23. The van der Waals surface area contributed by atoms with Crippen molar-refractivity contribution in [2.75, 3.05) is 46.0 Å². The van der Waals surface area contributed by atoms with Crippen LogP contribution in [-0.2, 0) is 14.3 Å². The monoisotopic (exact) mass is 465 g/mol. The smallest absolute Gasteiger partial charge is 0.295 e. The Morgan fingerprint density at radius 2 is 2.00 bits per heavy atom. The van der Waals surface area contributed by atoms with Gasteiger partial charge in [0.15, 0.2) is 0 Å². The minimum absolute atomic E-state index is 0.0747. The number of Topliss-reactive ketones (excluding diaryl/α,β-unsaturated/α-hetero) is 1. The van der Waals surface area contributed by atoms with Crippen molar-refractivity contribution < 1.29 is 24.2 Å². The fourth-order valence-corrected chi connectivity index (χ4v) is 4.29. The normalized spacial score (nSPS) is 20.6. The van der Waals surface area contributed by atoms with Gasteiger partial charge in [0.1, 0.15) is 11.5 Å². The number of ether oxygens (including phenoxy) is 2. The molecular formula is C26H31N3O5. The van der Waals surface area contributed by atoms with Crippen LogP contribution in [0.1, 0.15) is 36.9 Å². The van der Waals surface area contributed by atoms with Gasteiger partial charge in [-0.1, -0.05) is 31.5 Å². The third-order valence-electron chi connectivity index (χ3n) is 6.18. The highest BCUT2D eigenvalue weighted by Gasteiger charge is 2.46. The number of carbonyl (C=O) groups excluding carboxylic acids is 2. The predicted octanol–water partition coefficient (Wildman–Crippen LogP) is 3.01. The molecule has 1 N–H and O–H groups in total. The summed E-state index contributed by atoms with van der Waals surface area (Å²) in [6.45, 7) is 6.52. The van der Waals surface area contributed by atoms with E-state index >= 15 is 0 Å². The molecule has 8 nitrogen and oxygen atoms in total. The Kier molecular flexibility index (Phi) is 7.92. The Labute approximate surface area is 199 Å². The van der Waals surface area contributed by atoms with Gasteiger partial charge in [-0.05, 0) is 30.2 Å². The average molecular weight is 466 g/mol. The molecule has 0 aliphatic carbocycles. The molecule has 0 radical (unpaired) electrons. The van der Waals surface area contributed by atoms with Crippen molar-refractivity contribution in [2.45, 2.75) is 25.8 Å². The summed E-state index contributed by atoms with van der Waals surface area (Å²) in [6.07, 6.45) is 5.21. The number of carbonyl (C=O) groups is 2. The van der Waals surface area contributed by atoms with Crippen molar-refractivity contribution in [3.8, 4) is 5.75 Å². The maximum atomic E-state index is 13.2. The number of aromatic nitrogens is 1. The van der Waals surface area contributed by atoms with Gasteiger partial charge in [0.2, 0.25) is 0 Å². The number of benzene rings is 1. The second-order valence-electron chi connectivity index (χ2n) is 8.46. The van der Waals surface area contributed by atoms with Gasteiger partial charge < -0.3 is 19.5 Å². The molecule has 3 heterocycles. The van der Waals surface area contributed by atoms with Gasteiger partial charge in [-0.2, -0.15) is 0 Å². The number of nitrogens with zero attached hydrogens (tertiary/aromatic N) is 3. The van der Waals surface area contributed by atoms with E-state index in [0.717, 1.165) is 25.9 Å². The van der Waals surface area contributed by atoms with Crippen LogP contribution in [0.4, 0.5) is 0 Å². The summed E-state index contributed by atoms with van der Waals surface area (Å²) in [5.41, 5.74) is 1.19. The molecule has 180 valence electrons. The van der Waals surface area contributed by atoms with Crippen LogP contribution < -0.4 is 4.74 Å². The second-order valence-corrected chi connectivity index (χ2v) is 8.46.